The molecule has 0 saturated heterocycles. The molecular formula is C10H17N3O. The Bertz CT molecular complexity index is 278. The van der Waals surface area contributed by atoms with Gasteiger partial charge in [-0.25, -0.2) is 4.98 Å². The fourth-order valence-corrected chi connectivity index (χ4v) is 1.17. The van der Waals surface area contributed by atoms with Crippen molar-refractivity contribution in [1.29, 1.82) is 0 Å². The van der Waals surface area contributed by atoms with Gasteiger partial charge in [0.25, 0.3) is 0 Å². The molecule has 0 radical (unpaired) electrons. The lowest BCUT2D eigenvalue weighted by molar-refractivity contribution is 0.164. The molecule has 1 unspecified atom stereocenters. The Balaban J connectivity index is 2.37. The van der Waals surface area contributed by atoms with Gasteiger partial charge in [-0.05, 0) is 12.0 Å². The van der Waals surface area contributed by atoms with Crippen molar-refractivity contribution in [3.05, 3.63) is 18.3 Å². The number of nitrogens with zero attached hydrogens (tertiary/aromatic N) is 1. The van der Waals surface area contributed by atoms with Crippen LogP contribution in [0, 0.1) is 5.92 Å². The van der Waals surface area contributed by atoms with Gasteiger partial charge in [-0.1, -0.05) is 6.92 Å². The Morgan fingerprint density at radius 2 is 2.43 bits per heavy atom. The Labute approximate surface area is 84.5 Å². The molecule has 1 aromatic rings. The minimum Gasteiger partial charge on any atom is -0.399 e. The van der Waals surface area contributed by atoms with Crippen molar-refractivity contribution in [2.45, 2.75) is 6.92 Å². The largest absolute Gasteiger partial charge is 0.399 e. The monoisotopic (exact) mass is 195 g/mol. The van der Waals surface area contributed by atoms with Crippen LogP contribution in [0.1, 0.15) is 6.92 Å². The van der Waals surface area contributed by atoms with E-state index in [0.717, 1.165) is 24.7 Å². The molecular weight excluding hydrogens is 178 g/mol. The number of ether oxygens (including phenoxy) is 1. The quantitative estimate of drug-likeness (QED) is 0.744. The summed E-state index contributed by atoms with van der Waals surface area (Å²) in [6.45, 7) is 3.70. The Morgan fingerprint density at radius 3 is 3.07 bits per heavy atom. The van der Waals surface area contributed by atoms with E-state index >= 15 is 0 Å². The number of methoxy groups -OCH3 is 1. The molecule has 3 N–H and O–H groups in total. The zero-order valence-corrected chi connectivity index (χ0v) is 8.66. The third-order valence-corrected chi connectivity index (χ3v) is 1.87. The number of pyridine rings is 1. The first-order valence-corrected chi connectivity index (χ1v) is 4.66. The van der Waals surface area contributed by atoms with Crippen LogP contribution in [-0.4, -0.2) is 25.2 Å². The first-order chi connectivity index (χ1) is 6.72. The number of nitrogens with two attached hydrogens (primary N) is 1. The van der Waals surface area contributed by atoms with E-state index in [2.05, 4.69) is 17.2 Å². The highest BCUT2D eigenvalue weighted by Gasteiger charge is 2.01. The van der Waals surface area contributed by atoms with E-state index in [4.69, 9.17) is 10.5 Å². The standard InChI is InChI=1S/C10H17N3O/c1-8(7-14-2)6-13-10-5-9(11)3-4-12-10/h3-5,8H,6-7H2,1-2H3,(H3,11,12,13). The van der Waals surface area contributed by atoms with Crippen LogP contribution in [0.4, 0.5) is 11.5 Å². The summed E-state index contributed by atoms with van der Waals surface area (Å²) >= 11 is 0. The number of hydrogen-bond donors (Lipinski definition) is 2. The van der Waals surface area contributed by atoms with Gasteiger partial charge in [0.05, 0.1) is 6.61 Å². The Kier molecular flexibility index (Phi) is 4.19. The summed E-state index contributed by atoms with van der Waals surface area (Å²) in [5.41, 5.74) is 6.34. The van der Waals surface area contributed by atoms with Crippen molar-refractivity contribution in [2.75, 3.05) is 31.3 Å². The molecule has 1 rings (SSSR count). The van der Waals surface area contributed by atoms with Crippen LogP contribution in [-0.2, 0) is 4.74 Å². The highest BCUT2D eigenvalue weighted by Crippen LogP contribution is 2.08. The Hall–Kier alpha value is -1.29. The van der Waals surface area contributed by atoms with Gasteiger partial charge in [0.2, 0.25) is 0 Å². The lowest BCUT2D eigenvalue weighted by Gasteiger charge is -2.11. The van der Waals surface area contributed by atoms with Crippen LogP contribution in [0.2, 0.25) is 0 Å². The molecule has 4 nitrogen and oxygen atoms in total. The first-order valence-electron chi connectivity index (χ1n) is 4.66. The number of anilines is 2. The lowest BCUT2D eigenvalue weighted by Crippen LogP contribution is -2.16. The van der Waals surface area contributed by atoms with Crippen molar-refractivity contribution in [3.63, 3.8) is 0 Å². The third-order valence-electron chi connectivity index (χ3n) is 1.87. The van der Waals surface area contributed by atoms with Gasteiger partial charge >= 0.3 is 0 Å². The minimum atomic E-state index is 0.461. The summed E-state index contributed by atoms with van der Waals surface area (Å²) in [5, 5.41) is 3.20. The van der Waals surface area contributed by atoms with Gasteiger partial charge in [-0.3, -0.25) is 0 Å². The molecule has 1 aromatic heterocycles. The molecule has 78 valence electrons. The summed E-state index contributed by atoms with van der Waals surface area (Å²) in [7, 11) is 1.70. The molecule has 0 amide bonds. The van der Waals surface area contributed by atoms with Crippen molar-refractivity contribution in [1.82, 2.24) is 4.98 Å². The van der Waals surface area contributed by atoms with E-state index in [-0.39, 0.29) is 0 Å². The topological polar surface area (TPSA) is 60.2 Å². The van der Waals surface area contributed by atoms with Crippen molar-refractivity contribution < 1.29 is 4.74 Å². The average Bonchev–Trinajstić information content (AvgIpc) is 2.15. The van der Waals surface area contributed by atoms with Crippen molar-refractivity contribution in [3.8, 4) is 0 Å². The van der Waals surface area contributed by atoms with Crippen LogP contribution < -0.4 is 11.1 Å². The smallest absolute Gasteiger partial charge is 0.127 e. The van der Waals surface area contributed by atoms with Gasteiger partial charge in [0, 0.05) is 31.6 Å². The summed E-state index contributed by atoms with van der Waals surface area (Å²) in [4.78, 5) is 4.14. The summed E-state index contributed by atoms with van der Waals surface area (Å²) in [6.07, 6.45) is 1.69. The first kappa shape index (κ1) is 10.8. The number of hydrogen-bond acceptors (Lipinski definition) is 4. The average molecular weight is 195 g/mol. The fourth-order valence-electron chi connectivity index (χ4n) is 1.17. The third kappa shape index (κ3) is 3.62. The van der Waals surface area contributed by atoms with E-state index < -0.39 is 0 Å². The molecule has 0 saturated carbocycles. The van der Waals surface area contributed by atoms with E-state index in [0.29, 0.717) is 5.92 Å². The zero-order valence-electron chi connectivity index (χ0n) is 8.66. The van der Waals surface area contributed by atoms with Gasteiger partial charge < -0.3 is 15.8 Å². The van der Waals surface area contributed by atoms with Crippen molar-refractivity contribution >= 4 is 11.5 Å². The van der Waals surface area contributed by atoms with Crippen molar-refractivity contribution in [2.24, 2.45) is 5.92 Å². The normalized spacial score (nSPS) is 12.4. The van der Waals surface area contributed by atoms with E-state index in [1.54, 1.807) is 19.4 Å². The molecule has 0 aliphatic heterocycles. The number of rotatable bonds is 5. The molecule has 0 aliphatic carbocycles. The zero-order chi connectivity index (χ0) is 10.4. The van der Waals surface area contributed by atoms with E-state index in [1.807, 2.05) is 6.07 Å². The molecule has 0 aliphatic rings. The molecule has 14 heavy (non-hydrogen) atoms. The molecule has 1 atom stereocenters. The van der Waals surface area contributed by atoms with Gasteiger partial charge in [0.15, 0.2) is 0 Å². The van der Waals surface area contributed by atoms with Crippen LogP contribution in [0.15, 0.2) is 18.3 Å². The Morgan fingerprint density at radius 1 is 1.64 bits per heavy atom. The van der Waals surface area contributed by atoms with Crippen LogP contribution in [0.5, 0.6) is 0 Å². The predicted molar refractivity (Wildman–Crippen MR) is 58.2 cm³/mol. The molecule has 1 heterocycles. The van der Waals surface area contributed by atoms with Gasteiger partial charge in [-0.2, -0.15) is 0 Å². The molecule has 0 bridgehead atoms. The van der Waals surface area contributed by atoms with Gasteiger partial charge in [-0.15, -0.1) is 0 Å². The summed E-state index contributed by atoms with van der Waals surface area (Å²) in [6, 6.07) is 3.59. The van der Waals surface area contributed by atoms with Crippen LogP contribution in [0.25, 0.3) is 0 Å². The summed E-state index contributed by atoms with van der Waals surface area (Å²) in [5.74, 6) is 1.27. The second-order valence-corrected chi connectivity index (χ2v) is 3.42. The number of aromatic nitrogens is 1. The van der Waals surface area contributed by atoms with Crippen LogP contribution in [0.3, 0.4) is 0 Å². The summed E-state index contributed by atoms with van der Waals surface area (Å²) < 4.78 is 5.03. The molecule has 0 spiro atoms. The fraction of sp³-hybridized carbons (Fsp3) is 0.500. The van der Waals surface area contributed by atoms with Gasteiger partial charge in [0.1, 0.15) is 5.82 Å². The second-order valence-electron chi connectivity index (χ2n) is 3.42. The van der Waals surface area contributed by atoms with E-state index in [1.165, 1.54) is 0 Å². The maximum atomic E-state index is 5.62. The minimum absolute atomic E-state index is 0.461. The predicted octanol–water partition coefficient (Wildman–Crippen LogP) is 1.36. The van der Waals surface area contributed by atoms with E-state index in [9.17, 15) is 0 Å². The molecule has 0 fully saturated rings. The maximum Gasteiger partial charge on any atom is 0.127 e. The second kappa shape index (κ2) is 5.44. The number of nitrogens with one attached hydrogen (secondary N) is 1. The highest BCUT2D eigenvalue weighted by molar-refractivity contribution is 5.48. The number of nitrogen functional groups attached to an aromatic ring is 1. The van der Waals surface area contributed by atoms with Crippen LogP contribution >= 0.6 is 0 Å². The molecule has 0 aromatic carbocycles. The SMILES string of the molecule is COCC(C)CNc1cc(N)ccn1. The lowest BCUT2D eigenvalue weighted by atomic mass is 10.2. The highest BCUT2D eigenvalue weighted by atomic mass is 16.5. The maximum absolute atomic E-state index is 5.62. The molecule has 4 heteroatoms.